The summed E-state index contributed by atoms with van der Waals surface area (Å²) in [6.07, 6.45) is 6.49. The maximum absolute atomic E-state index is 4.93. The first-order chi connectivity index (χ1) is 11.3. The summed E-state index contributed by atoms with van der Waals surface area (Å²) in [7, 11) is 0. The number of allylic oxidation sites excluding steroid dienone is 1. The molecule has 0 N–H and O–H groups in total. The van der Waals surface area contributed by atoms with E-state index < -0.39 is 0 Å². The van der Waals surface area contributed by atoms with Gasteiger partial charge in [0.25, 0.3) is 0 Å². The number of fused-ring (bicyclic) bond motifs is 1. The molecule has 0 fully saturated rings. The van der Waals surface area contributed by atoms with Gasteiger partial charge in [0, 0.05) is 5.41 Å². The number of aromatic nitrogens is 1. The van der Waals surface area contributed by atoms with E-state index in [1.54, 1.807) is 0 Å². The highest BCUT2D eigenvalue weighted by molar-refractivity contribution is 7.18. The fraction of sp³-hybridized carbons (Fsp3) is 0.286. The zero-order valence-corrected chi connectivity index (χ0v) is 14.5. The molecule has 0 bridgehead atoms. The normalized spacial score (nSPS) is 13.8. The van der Waals surface area contributed by atoms with Gasteiger partial charge in [-0.15, -0.1) is 17.9 Å². The smallest absolute Gasteiger partial charge is 0.104 e. The lowest BCUT2D eigenvalue weighted by molar-refractivity contribution is 0.446. The fourth-order valence-corrected chi connectivity index (χ4v) is 4.38. The Morgan fingerprint density at radius 3 is 2.48 bits per heavy atom. The summed E-state index contributed by atoms with van der Waals surface area (Å²) in [6.45, 7) is 6.42. The summed E-state index contributed by atoms with van der Waals surface area (Å²) in [6, 6.07) is 19.1. The Balaban J connectivity index is 1.93. The molecule has 1 nitrogen and oxygen atoms in total. The number of para-hydroxylation sites is 1. The predicted octanol–water partition coefficient (Wildman–Crippen LogP) is 6.15. The van der Waals surface area contributed by atoms with E-state index in [1.165, 1.54) is 15.3 Å². The Bertz CT molecular complexity index is 742. The van der Waals surface area contributed by atoms with Crippen LogP contribution in [-0.4, -0.2) is 4.98 Å². The van der Waals surface area contributed by atoms with Crippen molar-refractivity contribution in [2.45, 2.75) is 38.0 Å². The van der Waals surface area contributed by atoms with E-state index in [9.17, 15) is 0 Å². The number of rotatable bonds is 7. The highest BCUT2D eigenvalue weighted by Crippen LogP contribution is 2.39. The molecule has 3 aromatic rings. The number of thiazole rings is 1. The summed E-state index contributed by atoms with van der Waals surface area (Å²) < 4.78 is 1.27. The standard InChI is InChI=1S/C21H23NS/c1-3-15-21(4-2,16-14-17-10-6-5-7-11-17)20-22-18-12-8-9-13-19(18)23-20/h4-13H,2-3,14-16H2,1H3/t21-/m0/s1. The number of nitrogens with zero attached hydrogens (tertiary/aromatic N) is 1. The van der Waals surface area contributed by atoms with Crippen molar-refractivity contribution in [3.63, 3.8) is 0 Å². The van der Waals surface area contributed by atoms with Gasteiger partial charge in [0.15, 0.2) is 0 Å². The van der Waals surface area contributed by atoms with Gasteiger partial charge in [-0.3, -0.25) is 0 Å². The Labute approximate surface area is 142 Å². The largest absolute Gasteiger partial charge is 0.240 e. The first-order valence-corrected chi connectivity index (χ1v) is 9.12. The number of hydrogen-bond donors (Lipinski definition) is 0. The van der Waals surface area contributed by atoms with Crippen LogP contribution in [-0.2, 0) is 11.8 Å². The lowest BCUT2D eigenvalue weighted by Gasteiger charge is -2.28. The molecular formula is C21H23NS. The zero-order chi connectivity index (χ0) is 16.1. The van der Waals surface area contributed by atoms with Crippen LogP contribution in [0.25, 0.3) is 10.2 Å². The average molecular weight is 321 g/mol. The van der Waals surface area contributed by atoms with Crippen LogP contribution in [0.4, 0.5) is 0 Å². The van der Waals surface area contributed by atoms with Crippen LogP contribution < -0.4 is 0 Å². The topological polar surface area (TPSA) is 12.9 Å². The van der Waals surface area contributed by atoms with Crippen LogP contribution in [0.3, 0.4) is 0 Å². The molecule has 0 aliphatic heterocycles. The predicted molar refractivity (Wildman–Crippen MR) is 101 cm³/mol. The zero-order valence-electron chi connectivity index (χ0n) is 13.7. The molecule has 2 heteroatoms. The van der Waals surface area contributed by atoms with Gasteiger partial charge in [0.1, 0.15) is 5.01 Å². The van der Waals surface area contributed by atoms with Gasteiger partial charge >= 0.3 is 0 Å². The van der Waals surface area contributed by atoms with Gasteiger partial charge in [0.2, 0.25) is 0 Å². The minimum absolute atomic E-state index is 0.0196. The molecule has 0 saturated heterocycles. The number of aryl methyl sites for hydroxylation is 1. The second-order valence-electron chi connectivity index (χ2n) is 6.08. The molecule has 0 saturated carbocycles. The van der Waals surface area contributed by atoms with Crippen molar-refractivity contribution in [2.75, 3.05) is 0 Å². The van der Waals surface area contributed by atoms with Crippen LogP contribution in [0.1, 0.15) is 36.8 Å². The summed E-state index contributed by atoms with van der Waals surface area (Å²) in [4.78, 5) is 4.93. The molecule has 2 aromatic carbocycles. The van der Waals surface area contributed by atoms with Gasteiger partial charge in [-0.25, -0.2) is 4.98 Å². The Morgan fingerprint density at radius 1 is 1.04 bits per heavy atom. The molecule has 1 heterocycles. The van der Waals surface area contributed by atoms with Gasteiger partial charge in [-0.05, 0) is 37.0 Å². The highest BCUT2D eigenvalue weighted by atomic mass is 32.1. The summed E-state index contributed by atoms with van der Waals surface area (Å²) in [5, 5.41) is 1.21. The average Bonchev–Trinajstić information content (AvgIpc) is 3.04. The Hall–Kier alpha value is -1.93. The van der Waals surface area contributed by atoms with Crippen molar-refractivity contribution >= 4 is 21.6 Å². The maximum atomic E-state index is 4.93. The molecule has 0 spiro atoms. The number of benzene rings is 2. The van der Waals surface area contributed by atoms with Crippen molar-refractivity contribution in [3.8, 4) is 0 Å². The van der Waals surface area contributed by atoms with E-state index in [4.69, 9.17) is 4.98 Å². The lowest BCUT2D eigenvalue weighted by Crippen LogP contribution is -2.24. The number of hydrogen-bond acceptors (Lipinski definition) is 2. The SMILES string of the molecule is C=C[C@](CCC)(CCc1ccccc1)c1nc2ccccc2s1. The van der Waals surface area contributed by atoms with Crippen LogP contribution >= 0.6 is 11.3 Å². The van der Waals surface area contributed by atoms with E-state index in [0.717, 1.165) is 31.2 Å². The van der Waals surface area contributed by atoms with Crippen LogP contribution in [0.5, 0.6) is 0 Å². The van der Waals surface area contributed by atoms with Gasteiger partial charge in [0.05, 0.1) is 10.2 Å². The molecule has 0 aliphatic carbocycles. The minimum atomic E-state index is -0.0196. The molecule has 0 unspecified atom stereocenters. The van der Waals surface area contributed by atoms with E-state index in [-0.39, 0.29) is 5.41 Å². The third-order valence-electron chi connectivity index (χ3n) is 4.51. The molecule has 0 radical (unpaired) electrons. The van der Waals surface area contributed by atoms with Gasteiger partial charge < -0.3 is 0 Å². The van der Waals surface area contributed by atoms with E-state index >= 15 is 0 Å². The van der Waals surface area contributed by atoms with E-state index in [1.807, 2.05) is 11.3 Å². The molecule has 3 rings (SSSR count). The van der Waals surface area contributed by atoms with Gasteiger partial charge in [-0.2, -0.15) is 0 Å². The molecule has 23 heavy (non-hydrogen) atoms. The monoisotopic (exact) mass is 321 g/mol. The van der Waals surface area contributed by atoms with Crippen LogP contribution in [0.2, 0.25) is 0 Å². The molecular weight excluding hydrogens is 298 g/mol. The summed E-state index contributed by atoms with van der Waals surface area (Å²) in [5.41, 5.74) is 2.47. The van der Waals surface area contributed by atoms with Crippen molar-refractivity contribution in [1.82, 2.24) is 4.98 Å². The van der Waals surface area contributed by atoms with Crippen LogP contribution in [0.15, 0.2) is 67.3 Å². The van der Waals surface area contributed by atoms with Gasteiger partial charge in [-0.1, -0.05) is 61.9 Å². The van der Waals surface area contributed by atoms with E-state index in [0.29, 0.717) is 0 Å². The van der Waals surface area contributed by atoms with Crippen molar-refractivity contribution < 1.29 is 0 Å². The Kier molecular flexibility index (Phi) is 4.92. The highest BCUT2D eigenvalue weighted by Gasteiger charge is 2.31. The Morgan fingerprint density at radius 2 is 1.78 bits per heavy atom. The van der Waals surface area contributed by atoms with Crippen molar-refractivity contribution in [2.24, 2.45) is 0 Å². The minimum Gasteiger partial charge on any atom is -0.240 e. The molecule has 0 aliphatic rings. The second-order valence-corrected chi connectivity index (χ2v) is 7.11. The molecule has 0 amide bonds. The molecule has 118 valence electrons. The molecule has 1 atom stereocenters. The lowest BCUT2D eigenvalue weighted by atomic mass is 9.79. The van der Waals surface area contributed by atoms with Crippen LogP contribution in [0, 0.1) is 0 Å². The van der Waals surface area contributed by atoms with E-state index in [2.05, 4.69) is 74.2 Å². The third-order valence-corrected chi connectivity index (χ3v) is 5.77. The first kappa shape index (κ1) is 15.9. The first-order valence-electron chi connectivity index (χ1n) is 8.31. The quantitative estimate of drug-likeness (QED) is 0.475. The second kappa shape index (κ2) is 7.10. The summed E-state index contributed by atoms with van der Waals surface area (Å²) >= 11 is 1.82. The van der Waals surface area contributed by atoms with Crippen molar-refractivity contribution in [1.29, 1.82) is 0 Å². The third kappa shape index (κ3) is 3.37. The maximum Gasteiger partial charge on any atom is 0.104 e. The molecule has 1 aromatic heterocycles. The summed E-state index contributed by atoms with van der Waals surface area (Å²) in [5.74, 6) is 0. The van der Waals surface area contributed by atoms with Crippen molar-refractivity contribution in [3.05, 3.63) is 77.8 Å². The fourth-order valence-electron chi connectivity index (χ4n) is 3.17.